The van der Waals surface area contributed by atoms with Crippen LogP contribution in [0.3, 0.4) is 0 Å². The van der Waals surface area contributed by atoms with Crippen molar-refractivity contribution in [3.8, 4) is 45.8 Å². The molecule has 7 heteroatoms. The van der Waals surface area contributed by atoms with Crippen LogP contribution in [0.25, 0.3) is 133 Å². The largest absolute Gasteiger partial charge is 0.309 e. The molecule has 0 radical (unpaired) electrons. The van der Waals surface area contributed by atoms with Crippen LogP contribution >= 0.6 is 0 Å². The monoisotopic (exact) mass is 893 g/mol. The molecular formula is C63H39N7. The van der Waals surface area contributed by atoms with Crippen LogP contribution in [0.2, 0.25) is 0 Å². The summed E-state index contributed by atoms with van der Waals surface area (Å²) in [4.78, 5) is 17.1. The molecule has 0 amide bonds. The van der Waals surface area contributed by atoms with Crippen molar-refractivity contribution in [3.63, 3.8) is 0 Å². The van der Waals surface area contributed by atoms with Gasteiger partial charge in [-0.05, 0) is 66.2 Å². The number of hydrogen-bond acceptors (Lipinski definition) is 3. The summed E-state index contributed by atoms with van der Waals surface area (Å²) in [5.41, 5.74) is 13.5. The number of fused-ring (bicyclic) bond motifs is 12. The molecule has 70 heavy (non-hydrogen) atoms. The van der Waals surface area contributed by atoms with Crippen LogP contribution in [0.15, 0.2) is 237 Å². The van der Waals surface area contributed by atoms with E-state index in [0.717, 1.165) is 99.1 Å². The van der Waals surface area contributed by atoms with Gasteiger partial charge in [0.25, 0.3) is 0 Å². The van der Waals surface area contributed by atoms with Gasteiger partial charge in [0.2, 0.25) is 11.9 Å². The Morgan fingerprint density at radius 1 is 0.243 bits per heavy atom. The zero-order valence-corrected chi connectivity index (χ0v) is 37.6. The van der Waals surface area contributed by atoms with Gasteiger partial charge in [0.15, 0.2) is 5.82 Å². The minimum absolute atomic E-state index is 0.527. The molecule has 0 aliphatic rings. The van der Waals surface area contributed by atoms with Crippen LogP contribution in [-0.4, -0.2) is 33.2 Å². The van der Waals surface area contributed by atoms with Crippen molar-refractivity contribution in [2.45, 2.75) is 0 Å². The van der Waals surface area contributed by atoms with Crippen molar-refractivity contribution >= 4 is 87.2 Å². The van der Waals surface area contributed by atoms with E-state index in [2.05, 4.69) is 255 Å². The highest BCUT2D eigenvalue weighted by Gasteiger charge is 2.27. The van der Waals surface area contributed by atoms with Crippen LogP contribution in [0.4, 0.5) is 0 Å². The molecule has 0 spiro atoms. The van der Waals surface area contributed by atoms with E-state index in [4.69, 9.17) is 15.0 Å². The predicted molar refractivity (Wildman–Crippen MR) is 288 cm³/mol. The topological polar surface area (TPSA) is 58.4 Å². The fourth-order valence-electron chi connectivity index (χ4n) is 11.4. The van der Waals surface area contributed by atoms with E-state index in [1.165, 1.54) is 16.2 Å². The first kappa shape index (κ1) is 38.5. The molecule has 0 aliphatic heterocycles. The first-order chi connectivity index (χ1) is 34.8. The third-order valence-electron chi connectivity index (χ3n) is 14.3. The van der Waals surface area contributed by atoms with Gasteiger partial charge in [-0.25, -0.2) is 0 Å². The molecule has 0 aliphatic carbocycles. The SMILES string of the molecule is c1ccc(-n2c3ccccc3c3cccc(-c4cccc(-n5c6ccccc6c6ccccc65)c4-c4nc(-n5c6ccccc6c6ccccc65)nc(-n5c6ccccc6c6ccccc65)n4)c32)cc1. The van der Waals surface area contributed by atoms with Gasteiger partial charge in [0.1, 0.15) is 0 Å². The van der Waals surface area contributed by atoms with Gasteiger partial charge in [0, 0.05) is 54.3 Å². The van der Waals surface area contributed by atoms with Gasteiger partial charge in [-0.1, -0.05) is 176 Å². The predicted octanol–water partition coefficient (Wildman–Crippen LogP) is 15.6. The zero-order chi connectivity index (χ0) is 45.9. The van der Waals surface area contributed by atoms with Crippen molar-refractivity contribution in [2.75, 3.05) is 0 Å². The van der Waals surface area contributed by atoms with E-state index in [1.54, 1.807) is 0 Å². The fourth-order valence-corrected chi connectivity index (χ4v) is 11.4. The van der Waals surface area contributed by atoms with E-state index in [0.29, 0.717) is 17.7 Å². The number of aromatic nitrogens is 7. The summed E-state index contributed by atoms with van der Waals surface area (Å²) in [5, 5.41) is 9.22. The maximum Gasteiger partial charge on any atom is 0.240 e. The first-order valence-corrected chi connectivity index (χ1v) is 23.7. The Bertz CT molecular complexity index is 4310. The average molecular weight is 894 g/mol. The molecule has 0 saturated carbocycles. The highest BCUT2D eigenvalue weighted by molar-refractivity contribution is 6.16. The standard InChI is InChI=1S/C63H39N7/c1-2-20-40(21-3-1)67-51-32-11-10-28-47(51)49-30-18-31-50(60(49)67)48-29-19-39-58(68-52-33-12-4-22-41(52)42-23-5-13-34-53(42)68)59(48)61-64-62(69-54-35-14-6-24-43(54)44-25-7-15-36-55(44)69)66-63(65-61)70-56-37-16-8-26-45(56)46-27-9-17-38-57(46)70/h1-39H. The third kappa shape index (κ3) is 5.48. The van der Waals surface area contributed by atoms with Crippen molar-refractivity contribution in [3.05, 3.63) is 237 Å². The number of para-hydroxylation sites is 9. The van der Waals surface area contributed by atoms with E-state index in [9.17, 15) is 0 Å². The summed E-state index contributed by atoms with van der Waals surface area (Å²) in [6.07, 6.45) is 0. The Kier molecular flexibility index (Phi) is 8.23. The molecule has 15 rings (SSSR count). The Balaban J connectivity index is 1.14. The Labute approximate surface area is 401 Å². The van der Waals surface area contributed by atoms with Crippen molar-refractivity contribution in [1.29, 1.82) is 0 Å². The second kappa shape index (κ2) is 15.0. The van der Waals surface area contributed by atoms with E-state index in [-0.39, 0.29) is 0 Å². The van der Waals surface area contributed by atoms with Crippen molar-refractivity contribution in [1.82, 2.24) is 33.2 Å². The normalized spacial score (nSPS) is 12.0. The molecule has 0 unspecified atom stereocenters. The molecule has 5 aromatic heterocycles. The average Bonchev–Trinajstić information content (AvgIpc) is 4.16. The lowest BCUT2D eigenvalue weighted by Crippen LogP contribution is -2.11. The van der Waals surface area contributed by atoms with Gasteiger partial charge < -0.3 is 9.13 Å². The third-order valence-corrected chi connectivity index (χ3v) is 14.3. The second-order valence-corrected chi connectivity index (χ2v) is 18.0. The Hall–Kier alpha value is -9.59. The molecule has 5 heterocycles. The molecule has 7 nitrogen and oxygen atoms in total. The van der Waals surface area contributed by atoms with Crippen LogP contribution in [0, 0.1) is 0 Å². The van der Waals surface area contributed by atoms with Gasteiger partial charge in [-0.3, -0.25) is 9.13 Å². The molecule has 10 aromatic carbocycles. The zero-order valence-electron chi connectivity index (χ0n) is 37.6. The summed E-state index contributed by atoms with van der Waals surface area (Å²) < 4.78 is 9.24. The summed E-state index contributed by atoms with van der Waals surface area (Å²) in [6, 6.07) is 84.4. The van der Waals surface area contributed by atoms with E-state index >= 15 is 0 Å². The van der Waals surface area contributed by atoms with Crippen LogP contribution in [-0.2, 0) is 0 Å². The molecule has 0 saturated heterocycles. The van der Waals surface area contributed by atoms with E-state index < -0.39 is 0 Å². The van der Waals surface area contributed by atoms with Crippen LogP contribution < -0.4 is 0 Å². The minimum Gasteiger partial charge on any atom is -0.309 e. The maximum absolute atomic E-state index is 5.74. The first-order valence-electron chi connectivity index (χ1n) is 23.7. The highest BCUT2D eigenvalue weighted by atomic mass is 15.3. The molecular weight excluding hydrogens is 855 g/mol. The lowest BCUT2D eigenvalue weighted by atomic mass is 9.95. The van der Waals surface area contributed by atoms with E-state index in [1.807, 2.05) is 0 Å². The molecule has 0 N–H and O–H groups in total. The van der Waals surface area contributed by atoms with Gasteiger partial charge in [0.05, 0.1) is 55.4 Å². The lowest BCUT2D eigenvalue weighted by molar-refractivity contribution is 0.892. The molecule has 326 valence electrons. The number of benzene rings is 10. The number of hydrogen-bond donors (Lipinski definition) is 0. The fraction of sp³-hybridized carbons (Fsp3) is 0. The molecule has 15 aromatic rings. The molecule has 0 atom stereocenters. The lowest BCUT2D eigenvalue weighted by Gasteiger charge is -2.20. The highest BCUT2D eigenvalue weighted by Crippen LogP contribution is 2.45. The maximum atomic E-state index is 5.74. The van der Waals surface area contributed by atoms with Gasteiger partial charge >= 0.3 is 0 Å². The molecule has 0 fully saturated rings. The molecule has 0 bridgehead atoms. The smallest absolute Gasteiger partial charge is 0.240 e. The summed E-state index contributed by atoms with van der Waals surface area (Å²) in [5.74, 6) is 1.60. The summed E-state index contributed by atoms with van der Waals surface area (Å²) >= 11 is 0. The second-order valence-electron chi connectivity index (χ2n) is 18.0. The summed E-state index contributed by atoms with van der Waals surface area (Å²) in [6.45, 7) is 0. The van der Waals surface area contributed by atoms with Gasteiger partial charge in [-0.15, -0.1) is 0 Å². The van der Waals surface area contributed by atoms with Crippen molar-refractivity contribution in [2.24, 2.45) is 0 Å². The number of rotatable bonds is 6. The van der Waals surface area contributed by atoms with Crippen LogP contribution in [0.5, 0.6) is 0 Å². The quantitative estimate of drug-likeness (QED) is 0.167. The Morgan fingerprint density at radius 2 is 0.586 bits per heavy atom. The minimum atomic E-state index is 0.527. The Morgan fingerprint density at radius 3 is 1.04 bits per heavy atom. The van der Waals surface area contributed by atoms with Crippen LogP contribution in [0.1, 0.15) is 0 Å². The number of nitrogens with zero attached hydrogens (tertiary/aromatic N) is 7. The van der Waals surface area contributed by atoms with Gasteiger partial charge in [-0.2, -0.15) is 15.0 Å². The van der Waals surface area contributed by atoms with Crippen molar-refractivity contribution < 1.29 is 0 Å². The summed E-state index contributed by atoms with van der Waals surface area (Å²) in [7, 11) is 0.